The van der Waals surface area contributed by atoms with Crippen LogP contribution >= 0.6 is 0 Å². The predicted molar refractivity (Wildman–Crippen MR) is 84.5 cm³/mol. The van der Waals surface area contributed by atoms with Gasteiger partial charge in [-0.2, -0.15) is 5.10 Å². The lowest BCUT2D eigenvalue weighted by Gasteiger charge is -2.35. The number of likely N-dealkylation sites (tertiary alicyclic amines) is 1. The van der Waals surface area contributed by atoms with Crippen LogP contribution in [0.15, 0.2) is 0 Å². The van der Waals surface area contributed by atoms with E-state index in [0.717, 1.165) is 50.0 Å². The lowest BCUT2D eigenvalue weighted by molar-refractivity contribution is -0.143. The molecule has 3 rings (SSSR count). The highest BCUT2D eigenvalue weighted by Crippen LogP contribution is 2.38. The first-order chi connectivity index (χ1) is 10.6. The highest BCUT2D eigenvalue weighted by molar-refractivity contribution is 5.80. The molecule has 0 spiro atoms. The Bertz CT molecular complexity index is 521. The molecule has 0 aromatic carbocycles. The molecule has 22 heavy (non-hydrogen) atoms. The number of methoxy groups -OCH3 is 1. The van der Waals surface area contributed by atoms with Gasteiger partial charge in [-0.05, 0) is 39.5 Å². The van der Waals surface area contributed by atoms with Crippen LogP contribution in [-0.4, -0.2) is 40.8 Å². The molecule has 1 saturated carbocycles. The average Bonchev–Trinajstić information content (AvgIpc) is 3.13. The van der Waals surface area contributed by atoms with E-state index in [-0.39, 0.29) is 24.0 Å². The molecule has 0 radical (unpaired) electrons. The molecule has 5 heteroatoms. The van der Waals surface area contributed by atoms with E-state index in [0.29, 0.717) is 0 Å². The number of amides is 1. The number of H-pyrrole nitrogens is 1. The molecule has 1 aliphatic carbocycles. The number of aromatic nitrogens is 2. The van der Waals surface area contributed by atoms with E-state index in [9.17, 15) is 4.79 Å². The fourth-order valence-electron chi connectivity index (χ4n) is 4.26. The first kappa shape index (κ1) is 15.5. The summed E-state index contributed by atoms with van der Waals surface area (Å²) in [6, 6.07) is 0.186. The van der Waals surface area contributed by atoms with Crippen molar-refractivity contribution in [2.45, 2.75) is 64.5 Å². The number of aromatic amines is 1. The average molecular weight is 305 g/mol. The maximum Gasteiger partial charge on any atom is 0.228 e. The summed E-state index contributed by atoms with van der Waals surface area (Å²) in [6.07, 6.45) is 6.49. The molecule has 1 aliphatic heterocycles. The summed E-state index contributed by atoms with van der Waals surface area (Å²) in [5.74, 6) is 0.320. The largest absolute Gasteiger partial charge is 0.381 e. The minimum Gasteiger partial charge on any atom is -0.381 e. The third-order valence-electron chi connectivity index (χ3n) is 5.38. The van der Waals surface area contributed by atoms with Crippen molar-refractivity contribution >= 4 is 5.91 Å². The van der Waals surface area contributed by atoms with Crippen molar-refractivity contribution in [3.8, 4) is 0 Å². The quantitative estimate of drug-likeness (QED) is 0.934. The van der Waals surface area contributed by atoms with Gasteiger partial charge < -0.3 is 9.64 Å². The van der Waals surface area contributed by atoms with Crippen molar-refractivity contribution in [3.05, 3.63) is 17.0 Å². The maximum atomic E-state index is 13.1. The van der Waals surface area contributed by atoms with Gasteiger partial charge >= 0.3 is 0 Å². The van der Waals surface area contributed by atoms with Crippen molar-refractivity contribution in [2.24, 2.45) is 5.92 Å². The van der Waals surface area contributed by atoms with Gasteiger partial charge in [0.25, 0.3) is 0 Å². The van der Waals surface area contributed by atoms with Crippen molar-refractivity contribution < 1.29 is 9.53 Å². The van der Waals surface area contributed by atoms with Gasteiger partial charge in [-0.25, -0.2) is 0 Å². The second kappa shape index (κ2) is 6.41. The minimum atomic E-state index is 0.0341. The molecule has 1 aromatic heterocycles. The summed E-state index contributed by atoms with van der Waals surface area (Å²) in [6.45, 7) is 4.94. The molecule has 2 fully saturated rings. The second-order valence-corrected chi connectivity index (χ2v) is 6.70. The molecule has 2 heterocycles. The molecule has 1 aromatic rings. The van der Waals surface area contributed by atoms with Crippen LogP contribution in [-0.2, 0) is 9.53 Å². The second-order valence-electron chi connectivity index (χ2n) is 6.70. The normalized spacial score (nSPS) is 29.0. The minimum absolute atomic E-state index is 0.0341. The smallest absolute Gasteiger partial charge is 0.228 e. The highest BCUT2D eigenvalue weighted by Gasteiger charge is 2.39. The van der Waals surface area contributed by atoms with Crippen molar-refractivity contribution in [1.29, 1.82) is 0 Å². The van der Waals surface area contributed by atoms with Crippen LogP contribution in [0, 0.1) is 19.8 Å². The number of hydrogen-bond acceptors (Lipinski definition) is 3. The highest BCUT2D eigenvalue weighted by atomic mass is 16.5. The fraction of sp³-hybridized carbons (Fsp3) is 0.765. The van der Waals surface area contributed by atoms with Crippen molar-refractivity contribution in [3.63, 3.8) is 0 Å². The molecule has 0 bridgehead atoms. The lowest BCUT2D eigenvalue weighted by Crippen LogP contribution is -2.42. The Morgan fingerprint density at radius 3 is 2.68 bits per heavy atom. The number of carbonyl (C=O) groups is 1. The molecule has 5 nitrogen and oxygen atoms in total. The molecule has 2 aliphatic rings. The van der Waals surface area contributed by atoms with Crippen LogP contribution < -0.4 is 0 Å². The first-order valence-corrected chi connectivity index (χ1v) is 8.48. The number of nitrogens with one attached hydrogen (secondary N) is 1. The molecule has 122 valence electrons. The number of hydrogen-bond donors (Lipinski definition) is 1. The molecular formula is C17H27N3O2. The lowest BCUT2D eigenvalue weighted by atomic mass is 9.85. The van der Waals surface area contributed by atoms with E-state index in [2.05, 4.69) is 22.0 Å². The number of ether oxygens (including phenoxy) is 1. The van der Waals surface area contributed by atoms with Crippen LogP contribution in [0.4, 0.5) is 0 Å². The van der Waals surface area contributed by atoms with Crippen molar-refractivity contribution in [1.82, 2.24) is 15.1 Å². The van der Waals surface area contributed by atoms with E-state index in [1.54, 1.807) is 7.11 Å². The Labute approximate surface area is 132 Å². The SMILES string of the molecule is COC1CCCCC1C(=O)N1CCCC1c1c(C)n[nH]c1C. The summed E-state index contributed by atoms with van der Waals surface area (Å²) in [4.78, 5) is 15.2. The van der Waals surface area contributed by atoms with E-state index in [1.807, 2.05) is 6.92 Å². The van der Waals surface area contributed by atoms with Crippen LogP contribution in [0.25, 0.3) is 0 Å². The third kappa shape index (κ3) is 2.67. The van der Waals surface area contributed by atoms with Crippen LogP contribution in [0.2, 0.25) is 0 Å². The number of carbonyl (C=O) groups excluding carboxylic acids is 1. The predicted octanol–water partition coefficient (Wildman–Crippen LogP) is 2.90. The Balaban J connectivity index is 1.82. The van der Waals surface area contributed by atoms with Gasteiger partial charge in [-0.1, -0.05) is 12.8 Å². The maximum absolute atomic E-state index is 13.1. The zero-order valence-electron chi connectivity index (χ0n) is 13.9. The molecular weight excluding hydrogens is 278 g/mol. The summed E-state index contributed by atoms with van der Waals surface area (Å²) in [7, 11) is 1.74. The standard InChI is InChI=1S/C17H27N3O2/c1-11-16(12(2)19-18-11)14-8-6-10-20(14)17(21)13-7-4-5-9-15(13)22-3/h13-15H,4-10H2,1-3H3,(H,18,19). The molecule has 1 N–H and O–H groups in total. The van der Waals surface area contributed by atoms with Gasteiger partial charge in [0, 0.05) is 24.9 Å². The Kier molecular flexibility index (Phi) is 4.52. The Morgan fingerprint density at radius 2 is 2.00 bits per heavy atom. The van der Waals surface area contributed by atoms with Crippen LogP contribution in [0.1, 0.15) is 61.5 Å². The zero-order valence-corrected chi connectivity index (χ0v) is 13.9. The topological polar surface area (TPSA) is 58.2 Å². The van der Waals surface area contributed by atoms with Gasteiger partial charge in [0.05, 0.1) is 23.8 Å². The summed E-state index contributed by atoms with van der Waals surface area (Å²) in [5, 5.41) is 7.37. The number of rotatable bonds is 3. The molecule has 1 amide bonds. The summed E-state index contributed by atoms with van der Waals surface area (Å²) in [5.41, 5.74) is 3.33. The summed E-state index contributed by atoms with van der Waals surface area (Å²) >= 11 is 0. The Hall–Kier alpha value is -1.36. The van der Waals surface area contributed by atoms with Crippen LogP contribution in [0.3, 0.4) is 0 Å². The third-order valence-corrected chi connectivity index (χ3v) is 5.38. The number of nitrogens with zero attached hydrogens (tertiary/aromatic N) is 2. The molecule has 3 atom stereocenters. The Morgan fingerprint density at radius 1 is 1.23 bits per heavy atom. The first-order valence-electron chi connectivity index (χ1n) is 8.48. The fourth-order valence-corrected chi connectivity index (χ4v) is 4.26. The van der Waals surface area contributed by atoms with Gasteiger partial charge in [0.2, 0.25) is 5.91 Å². The van der Waals surface area contributed by atoms with Gasteiger partial charge in [-0.3, -0.25) is 9.89 Å². The monoisotopic (exact) mass is 305 g/mol. The van der Waals surface area contributed by atoms with E-state index in [1.165, 1.54) is 12.0 Å². The summed E-state index contributed by atoms with van der Waals surface area (Å²) < 4.78 is 5.59. The van der Waals surface area contributed by atoms with Crippen molar-refractivity contribution in [2.75, 3.05) is 13.7 Å². The van der Waals surface area contributed by atoms with Crippen LogP contribution in [0.5, 0.6) is 0 Å². The van der Waals surface area contributed by atoms with E-state index >= 15 is 0 Å². The van der Waals surface area contributed by atoms with Gasteiger partial charge in [-0.15, -0.1) is 0 Å². The van der Waals surface area contributed by atoms with E-state index in [4.69, 9.17) is 4.74 Å². The molecule has 1 saturated heterocycles. The van der Waals surface area contributed by atoms with Gasteiger partial charge in [0.1, 0.15) is 0 Å². The molecule has 3 unspecified atom stereocenters. The zero-order chi connectivity index (χ0) is 15.7. The van der Waals surface area contributed by atoms with E-state index < -0.39 is 0 Å². The van der Waals surface area contributed by atoms with Gasteiger partial charge in [0.15, 0.2) is 0 Å². The number of aryl methyl sites for hydroxylation is 2.